The van der Waals surface area contributed by atoms with E-state index in [-0.39, 0.29) is 0 Å². The average Bonchev–Trinajstić information content (AvgIpc) is 2.93. The second-order valence-electron chi connectivity index (χ2n) is 6.07. The van der Waals surface area contributed by atoms with Crippen molar-refractivity contribution >= 4 is 10.9 Å². The van der Waals surface area contributed by atoms with Crippen LogP contribution in [0, 0.1) is 6.92 Å². The molecule has 0 aliphatic heterocycles. The van der Waals surface area contributed by atoms with Gasteiger partial charge in [0.25, 0.3) is 0 Å². The topological polar surface area (TPSA) is 23.4 Å². The van der Waals surface area contributed by atoms with Gasteiger partial charge in [0.05, 0.1) is 12.6 Å². The monoisotopic (exact) mass is 309 g/mol. The molecule has 3 heteroatoms. The summed E-state index contributed by atoms with van der Waals surface area (Å²) < 4.78 is 13.7. The highest BCUT2D eigenvalue weighted by atomic mass is 16.5. The van der Waals surface area contributed by atoms with Gasteiger partial charge in [-0.2, -0.15) is 0 Å². The van der Waals surface area contributed by atoms with Gasteiger partial charge in [-0.05, 0) is 38.5 Å². The second-order valence-corrected chi connectivity index (χ2v) is 6.07. The highest BCUT2D eigenvalue weighted by Crippen LogP contribution is 2.30. The van der Waals surface area contributed by atoms with Crippen molar-refractivity contribution in [2.45, 2.75) is 33.4 Å². The molecule has 1 heterocycles. The van der Waals surface area contributed by atoms with Crippen molar-refractivity contribution in [3.05, 3.63) is 59.8 Å². The van der Waals surface area contributed by atoms with E-state index in [0.29, 0.717) is 12.6 Å². The van der Waals surface area contributed by atoms with E-state index in [1.54, 1.807) is 7.11 Å². The van der Waals surface area contributed by atoms with Gasteiger partial charge in [0.15, 0.2) is 11.5 Å². The molecule has 120 valence electrons. The summed E-state index contributed by atoms with van der Waals surface area (Å²) in [6, 6.07) is 14.6. The Hall–Kier alpha value is -2.42. The molecule has 0 radical (unpaired) electrons. The van der Waals surface area contributed by atoms with Crippen LogP contribution >= 0.6 is 0 Å². The van der Waals surface area contributed by atoms with E-state index in [1.807, 2.05) is 24.3 Å². The Kier molecular flexibility index (Phi) is 4.28. The van der Waals surface area contributed by atoms with Gasteiger partial charge in [-0.1, -0.05) is 30.3 Å². The highest BCUT2D eigenvalue weighted by molar-refractivity contribution is 5.86. The minimum atomic E-state index is 0.415. The van der Waals surface area contributed by atoms with Crippen molar-refractivity contribution in [1.29, 1.82) is 0 Å². The molecule has 3 nitrogen and oxygen atoms in total. The number of methoxy groups -OCH3 is 1. The van der Waals surface area contributed by atoms with Crippen LogP contribution in [0.2, 0.25) is 0 Å². The second kappa shape index (κ2) is 6.37. The summed E-state index contributed by atoms with van der Waals surface area (Å²) in [5, 5.41) is 1.26. The summed E-state index contributed by atoms with van der Waals surface area (Å²) in [5.41, 5.74) is 3.78. The average molecular weight is 309 g/mol. The SMILES string of the molecule is COc1ccccc1OCc1cn(C(C)C)c2c(C)cccc12. The number of ether oxygens (including phenoxy) is 2. The van der Waals surface area contributed by atoms with Gasteiger partial charge in [-0.3, -0.25) is 0 Å². The molecule has 3 rings (SSSR count). The molecule has 0 N–H and O–H groups in total. The lowest BCUT2D eigenvalue weighted by Gasteiger charge is -2.10. The molecule has 0 saturated carbocycles. The Morgan fingerprint density at radius 1 is 1.00 bits per heavy atom. The van der Waals surface area contributed by atoms with E-state index in [4.69, 9.17) is 9.47 Å². The van der Waals surface area contributed by atoms with Crippen LogP contribution in [-0.4, -0.2) is 11.7 Å². The Labute approximate surface area is 137 Å². The van der Waals surface area contributed by atoms with Crippen LogP contribution in [0.3, 0.4) is 0 Å². The van der Waals surface area contributed by atoms with E-state index in [1.165, 1.54) is 22.0 Å². The van der Waals surface area contributed by atoms with Crippen molar-refractivity contribution in [2.75, 3.05) is 7.11 Å². The van der Waals surface area contributed by atoms with E-state index in [2.05, 4.69) is 49.7 Å². The van der Waals surface area contributed by atoms with Gasteiger partial charge < -0.3 is 14.0 Å². The number of rotatable bonds is 5. The molecule has 0 spiro atoms. The molecule has 23 heavy (non-hydrogen) atoms. The Morgan fingerprint density at radius 3 is 2.43 bits per heavy atom. The van der Waals surface area contributed by atoms with Crippen LogP contribution in [0.1, 0.15) is 31.0 Å². The first-order chi connectivity index (χ1) is 11.1. The number of hydrogen-bond donors (Lipinski definition) is 0. The van der Waals surface area contributed by atoms with Crippen LogP contribution in [0.15, 0.2) is 48.7 Å². The zero-order valence-corrected chi connectivity index (χ0v) is 14.2. The lowest BCUT2D eigenvalue weighted by molar-refractivity contribution is 0.285. The third-order valence-electron chi connectivity index (χ3n) is 4.15. The van der Waals surface area contributed by atoms with Crippen molar-refractivity contribution < 1.29 is 9.47 Å². The van der Waals surface area contributed by atoms with Crippen LogP contribution in [0.5, 0.6) is 11.5 Å². The number of aryl methyl sites for hydroxylation is 1. The molecule has 1 aromatic heterocycles. The standard InChI is InChI=1S/C20H23NO2/c1-14(2)21-12-16(17-9-7-8-15(3)20(17)21)13-23-19-11-6-5-10-18(19)22-4/h5-12,14H,13H2,1-4H3. The normalized spacial score (nSPS) is 11.2. The summed E-state index contributed by atoms with van der Waals surface area (Å²) in [7, 11) is 1.66. The minimum Gasteiger partial charge on any atom is -0.493 e. The molecule has 0 unspecified atom stereocenters. The highest BCUT2D eigenvalue weighted by Gasteiger charge is 2.13. The van der Waals surface area contributed by atoms with Crippen LogP contribution in [0.4, 0.5) is 0 Å². The summed E-state index contributed by atoms with van der Waals surface area (Å²) in [6.45, 7) is 7.10. The first-order valence-electron chi connectivity index (χ1n) is 7.96. The number of para-hydroxylation sites is 3. The zero-order chi connectivity index (χ0) is 16.4. The van der Waals surface area contributed by atoms with E-state index < -0.39 is 0 Å². The number of benzene rings is 2. The third kappa shape index (κ3) is 2.91. The van der Waals surface area contributed by atoms with Gasteiger partial charge >= 0.3 is 0 Å². The van der Waals surface area contributed by atoms with Crippen LogP contribution in [-0.2, 0) is 6.61 Å². The Bertz CT molecular complexity index is 818. The molecule has 0 atom stereocenters. The number of fused-ring (bicyclic) bond motifs is 1. The first kappa shape index (κ1) is 15.5. The number of nitrogens with zero attached hydrogens (tertiary/aromatic N) is 1. The largest absolute Gasteiger partial charge is 0.493 e. The quantitative estimate of drug-likeness (QED) is 0.653. The fourth-order valence-electron chi connectivity index (χ4n) is 2.98. The smallest absolute Gasteiger partial charge is 0.161 e. The molecule has 2 aromatic carbocycles. The van der Waals surface area contributed by atoms with Gasteiger partial charge in [-0.25, -0.2) is 0 Å². The molecule has 0 aliphatic rings. The summed E-state index contributed by atoms with van der Waals surface area (Å²) >= 11 is 0. The van der Waals surface area contributed by atoms with Gasteiger partial charge in [0.1, 0.15) is 6.61 Å². The van der Waals surface area contributed by atoms with Crippen molar-refractivity contribution in [1.82, 2.24) is 4.57 Å². The first-order valence-corrected chi connectivity index (χ1v) is 7.96. The van der Waals surface area contributed by atoms with Gasteiger partial charge in [0.2, 0.25) is 0 Å². The molecular formula is C20H23NO2. The minimum absolute atomic E-state index is 0.415. The van der Waals surface area contributed by atoms with Crippen molar-refractivity contribution in [3.8, 4) is 11.5 Å². The third-order valence-corrected chi connectivity index (χ3v) is 4.15. The maximum atomic E-state index is 6.02. The van der Waals surface area contributed by atoms with Crippen LogP contribution in [0.25, 0.3) is 10.9 Å². The molecule has 0 amide bonds. The number of hydrogen-bond acceptors (Lipinski definition) is 2. The predicted octanol–water partition coefficient (Wildman–Crippen LogP) is 5.12. The lowest BCUT2D eigenvalue weighted by Crippen LogP contribution is -2.00. The van der Waals surface area contributed by atoms with Gasteiger partial charge in [0, 0.05) is 23.2 Å². The zero-order valence-electron chi connectivity index (χ0n) is 14.2. The fourth-order valence-corrected chi connectivity index (χ4v) is 2.98. The fraction of sp³-hybridized carbons (Fsp3) is 0.300. The molecule has 3 aromatic rings. The summed E-state index contributed by atoms with van der Waals surface area (Å²) in [6.07, 6.45) is 2.21. The van der Waals surface area contributed by atoms with Crippen molar-refractivity contribution in [2.24, 2.45) is 0 Å². The molecule has 0 bridgehead atoms. The lowest BCUT2D eigenvalue weighted by atomic mass is 10.1. The van der Waals surface area contributed by atoms with Crippen LogP contribution < -0.4 is 9.47 Å². The van der Waals surface area contributed by atoms with E-state index >= 15 is 0 Å². The Balaban J connectivity index is 1.96. The number of aromatic nitrogens is 1. The molecule has 0 saturated heterocycles. The van der Waals surface area contributed by atoms with Crippen molar-refractivity contribution in [3.63, 3.8) is 0 Å². The summed E-state index contributed by atoms with van der Waals surface area (Å²) in [4.78, 5) is 0. The van der Waals surface area contributed by atoms with E-state index in [0.717, 1.165) is 11.5 Å². The Morgan fingerprint density at radius 2 is 1.74 bits per heavy atom. The maximum Gasteiger partial charge on any atom is 0.161 e. The van der Waals surface area contributed by atoms with E-state index in [9.17, 15) is 0 Å². The summed E-state index contributed by atoms with van der Waals surface area (Å²) in [5.74, 6) is 1.53. The molecular weight excluding hydrogens is 286 g/mol. The molecule has 0 aliphatic carbocycles. The maximum absolute atomic E-state index is 6.02. The predicted molar refractivity (Wildman–Crippen MR) is 94.4 cm³/mol. The van der Waals surface area contributed by atoms with Gasteiger partial charge in [-0.15, -0.1) is 0 Å². The molecule has 0 fully saturated rings.